The lowest BCUT2D eigenvalue weighted by atomic mass is 10.1. The van der Waals surface area contributed by atoms with Crippen molar-refractivity contribution in [1.29, 1.82) is 0 Å². The van der Waals surface area contributed by atoms with Gasteiger partial charge in [0.05, 0.1) is 24.9 Å². The molecular formula is C20H24N2O3S. The molecule has 138 valence electrons. The van der Waals surface area contributed by atoms with E-state index in [-0.39, 0.29) is 23.4 Å². The first-order valence-electron chi connectivity index (χ1n) is 9.34. The van der Waals surface area contributed by atoms with Crippen molar-refractivity contribution in [3.8, 4) is 11.3 Å². The van der Waals surface area contributed by atoms with Gasteiger partial charge in [0.2, 0.25) is 5.91 Å². The second-order valence-electron chi connectivity index (χ2n) is 7.01. The van der Waals surface area contributed by atoms with Crippen LogP contribution in [-0.2, 0) is 22.5 Å². The van der Waals surface area contributed by atoms with Crippen molar-refractivity contribution in [3.63, 3.8) is 0 Å². The predicted molar refractivity (Wildman–Crippen MR) is 102 cm³/mol. The summed E-state index contributed by atoms with van der Waals surface area (Å²) in [7, 11) is 0. The molecule has 5 nitrogen and oxygen atoms in total. The van der Waals surface area contributed by atoms with E-state index < -0.39 is 0 Å². The van der Waals surface area contributed by atoms with Gasteiger partial charge in [0.15, 0.2) is 0 Å². The van der Waals surface area contributed by atoms with Gasteiger partial charge in [0, 0.05) is 11.4 Å². The topological polar surface area (TPSA) is 51.5 Å². The van der Waals surface area contributed by atoms with E-state index in [9.17, 15) is 9.59 Å². The lowest BCUT2D eigenvalue weighted by molar-refractivity contribution is -0.141. The number of aromatic nitrogens is 1. The smallest absolute Gasteiger partial charge is 0.308 e. The van der Waals surface area contributed by atoms with Crippen LogP contribution in [0.4, 0.5) is 0 Å². The maximum atomic E-state index is 13.1. The zero-order valence-electron chi connectivity index (χ0n) is 15.0. The molecule has 2 heterocycles. The molecule has 6 heteroatoms. The normalized spacial score (nSPS) is 20.3. The molecule has 0 N–H and O–H groups in total. The highest BCUT2D eigenvalue weighted by Gasteiger charge is 2.39. The maximum Gasteiger partial charge on any atom is 0.308 e. The Kier molecular flexibility index (Phi) is 4.96. The predicted octanol–water partition coefficient (Wildman–Crippen LogP) is 2.78. The van der Waals surface area contributed by atoms with Gasteiger partial charge >= 0.3 is 4.87 Å². The molecule has 1 saturated heterocycles. The van der Waals surface area contributed by atoms with Crippen LogP contribution in [-0.4, -0.2) is 41.2 Å². The van der Waals surface area contributed by atoms with Crippen molar-refractivity contribution in [3.05, 3.63) is 44.9 Å². The Hall–Kier alpha value is -1.92. The number of amides is 1. The summed E-state index contributed by atoms with van der Waals surface area (Å²) < 4.78 is 7.26. The van der Waals surface area contributed by atoms with E-state index in [2.05, 4.69) is 6.92 Å². The highest BCUT2D eigenvalue weighted by atomic mass is 32.1. The number of aryl methyl sites for hydroxylation is 1. The first kappa shape index (κ1) is 17.5. The van der Waals surface area contributed by atoms with Gasteiger partial charge in [-0.3, -0.25) is 14.2 Å². The first-order chi connectivity index (χ1) is 12.7. The van der Waals surface area contributed by atoms with Crippen LogP contribution in [0.25, 0.3) is 11.3 Å². The van der Waals surface area contributed by atoms with Crippen molar-refractivity contribution in [2.75, 3.05) is 19.8 Å². The molecule has 1 aliphatic heterocycles. The molecule has 4 rings (SSSR count). The Labute approximate surface area is 157 Å². The summed E-state index contributed by atoms with van der Waals surface area (Å²) in [5, 5.41) is 0. The number of carbonyl (C=O) groups excluding carboxylic acids is 1. The summed E-state index contributed by atoms with van der Waals surface area (Å²) >= 11 is 1.26. The van der Waals surface area contributed by atoms with E-state index in [0.717, 1.165) is 22.6 Å². The van der Waals surface area contributed by atoms with Crippen molar-refractivity contribution in [2.24, 2.45) is 5.92 Å². The third-order valence-electron chi connectivity index (χ3n) is 5.28. The molecule has 0 radical (unpaired) electrons. The summed E-state index contributed by atoms with van der Waals surface area (Å²) in [6, 6.07) is 10.1. The number of hydrogen-bond donors (Lipinski definition) is 0. The second kappa shape index (κ2) is 7.37. The van der Waals surface area contributed by atoms with Crippen molar-refractivity contribution in [2.45, 2.75) is 38.8 Å². The minimum atomic E-state index is -0.0507. The van der Waals surface area contributed by atoms with E-state index in [1.807, 2.05) is 35.2 Å². The van der Waals surface area contributed by atoms with Crippen LogP contribution in [0.1, 0.15) is 24.6 Å². The van der Waals surface area contributed by atoms with Crippen LogP contribution < -0.4 is 4.87 Å². The molecule has 0 bridgehead atoms. The zero-order chi connectivity index (χ0) is 18.1. The van der Waals surface area contributed by atoms with Gasteiger partial charge in [-0.2, -0.15) is 0 Å². The van der Waals surface area contributed by atoms with Crippen LogP contribution in [0.5, 0.6) is 0 Å². The van der Waals surface area contributed by atoms with E-state index in [0.29, 0.717) is 25.7 Å². The second-order valence-corrected chi connectivity index (χ2v) is 8.06. The maximum absolute atomic E-state index is 13.1. The average molecular weight is 372 g/mol. The van der Waals surface area contributed by atoms with Crippen LogP contribution in [0.2, 0.25) is 0 Å². The van der Waals surface area contributed by atoms with E-state index in [1.165, 1.54) is 24.2 Å². The van der Waals surface area contributed by atoms with E-state index >= 15 is 0 Å². The Morgan fingerprint density at radius 3 is 2.73 bits per heavy atom. The van der Waals surface area contributed by atoms with E-state index in [1.54, 1.807) is 4.57 Å². The Morgan fingerprint density at radius 1 is 1.27 bits per heavy atom. The van der Waals surface area contributed by atoms with Crippen LogP contribution in [0, 0.1) is 5.92 Å². The molecule has 1 atom stereocenters. The van der Waals surface area contributed by atoms with Gasteiger partial charge in [-0.15, -0.1) is 0 Å². The molecule has 2 aliphatic rings. The van der Waals surface area contributed by atoms with Crippen molar-refractivity contribution < 1.29 is 9.53 Å². The van der Waals surface area contributed by atoms with Gasteiger partial charge in [-0.05, 0) is 30.7 Å². The molecule has 1 amide bonds. The Balaban J connectivity index is 1.64. The third kappa shape index (κ3) is 3.35. The lowest BCUT2D eigenvalue weighted by Gasteiger charge is -2.36. The summed E-state index contributed by atoms with van der Waals surface area (Å²) in [6.07, 6.45) is 3.13. The number of nitrogens with zero attached hydrogens (tertiary/aromatic N) is 2. The molecule has 1 unspecified atom stereocenters. The number of morpholine rings is 1. The Morgan fingerprint density at radius 2 is 2.04 bits per heavy atom. The number of rotatable bonds is 5. The highest BCUT2D eigenvalue weighted by Crippen LogP contribution is 2.36. The van der Waals surface area contributed by atoms with Gasteiger partial charge in [-0.25, -0.2) is 0 Å². The molecule has 2 fully saturated rings. The fourth-order valence-corrected chi connectivity index (χ4v) is 4.72. The van der Waals surface area contributed by atoms with Gasteiger partial charge < -0.3 is 9.64 Å². The molecular weight excluding hydrogens is 348 g/mol. The standard InChI is InChI=1S/C20H24N2O3S/c1-2-17-19(15-6-4-3-5-7-15)22(20(24)26-17)12-18(23)21-10-11-25-13-16(21)14-8-9-14/h3-7,14,16H,2,8-13H2,1H3. The number of hydrogen-bond acceptors (Lipinski definition) is 4. The molecule has 0 spiro atoms. The van der Waals surface area contributed by atoms with E-state index in [4.69, 9.17) is 4.74 Å². The van der Waals surface area contributed by atoms with Crippen molar-refractivity contribution >= 4 is 17.2 Å². The summed E-state index contributed by atoms with van der Waals surface area (Å²) in [6.45, 7) is 4.00. The average Bonchev–Trinajstić information content (AvgIpc) is 3.47. The zero-order valence-corrected chi connectivity index (χ0v) is 15.8. The molecule has 1 aromatic heterocycles. The van der Waals surface area contributed by atoms with Crippen molar-refractivity contribution in [1.82, 2.24) is 9.47 Å². The number of thiazole rings is 1. The lowest BCUT2D eigenvalue weighted by Crippen LogP contribution is -2.51. The summed E-state index contributed by atoms with van der Waals surface area (Å²) in [5.41, 5.74) is 1.89. The molecule has 1 aromatic carbocycles. The molecule has 1 aliphatic carbocycles. The Bertz CT molecular complexity index is 838. The minimum Gasteiger partial charge on any atom is -0.377 e. The molecule has 2 aromatic rings. The minimum absolute atomic E-state index is 0.0323. The quantitative estimate of drug-likeness (QED) is 0.811. The summed E-state index contributed by atoms with van der Waals surface area (Å²) in [5.74, 6) is 0.600. The SMILES string of the molecule is CCc1sc(=O)n(CC(=O)N2CCOCC2C2CC2)c1-c1ccccc1. The van der Waals surface area contributed by atoms with Gasteiger partial charge in [0.25, 0.3) is 0 Å². The number of ether oxygens (including phenoxy) is 1. The fraction of sp³-hybridized carbons (Fsp3) is 0.500. The van der Waals surface area contributed by atoms with Crippen LogP contribution in [0.15, 0.2) is 35.1 Å². The number of benzene rings is 1. The highest BCUT2D eigenvalue weighted by molar-refractivity contribution is 7.09. The fourth-order valence-electron chi connectivity index (χ4n) is 3.78. The number of carbonyl (C=O) groups is 1. The third-order valence-corrected chi connectivity index (χ3v) is 6.40. The van der Waals surface area contributed by atoms with Gasteiger partial charge in [0.1, 0.15) is 6.54 Å². The van der Waals surface area contributed by atoms with Gasteiger partial charge in [-0.1, -0.05) is 48.6 Å². The van der Waals surface area contributed by atoms with Crippen LogP contribution in [0.3, 0.4) is 0 Å². The molecule has 1 saturated carbocycles. The monoisotopic (exact) mass is 372 g/mol. The summed E-state index contributed by atoms with van der Waals surface area (Å²) in [4.78, 5) is 28.6. The largest absolute Gasteiger partial charge is 0.377 e. The van der Waals surface area contributed by atoms with Crippen LogP contribution >= 0.6 is 11.3 Å². The first-order valence-corrected chi connectivity index (χ1v) is 10.2. The molecule has 26 heavy (non-hydrogen) atoms.